The van der Waals surface area contributed by atoms with Gasteiger partial charge < -0.3 is 10.6 Å². The van der Waals surface area contributed by atoms with Crippen LogP contribution in [0.25, 0.3) is 0 Å². The van der Waals surface area contributed by atoms with Crippen molar-refractivity contribution in [2.45, 2.75) is 175 Å². The standard InChI is InChI=1S/C18H39N.C11H25O4P/c1-2-3-4-5-6-7-8-9-10-11-12-13-14-15-16-17-18-19;1-4-5-6-7-8-9-10-14-16(12,13)15-11(2)3/h2-19H2,1H3;11H,4-10H2,1-3H3,(H,12,13). The quantitative estimate of drug-likeness (QED) is 0.0874. The molecule has 0 heterocycles. The molecule has 0 spiro atoms. The molecule has 0 radical (unpaired) electrons. The molecule has 0 aromatic carbocycles. The minimum atomic E-state index is -3.81. The maximum absolute atomic E-state index is 11.3. The van der Waals surface area contributed by atoms with E-state index in [1.54, 1.807) is 13.8 Å². The lowest BCUT2D eigenvalue weighted by Gasteiger charge is -2.14. The number of rotatable bonds is 26. The van der Waals surface area contributed by atoms with Crippen molar-refractivity contribution < 1.29 is 18.5 Å². The third kappa shape index (κ3) is 36.3. The summed E-state index contributed by atoms with van der Waals surface area (Å²) < 4.78 is 20.9. The van der Waals surface area contributed by atoms with Gasteiger partial charge in [0.1, 0.15) is 0 Å². The first-order valence-corrected chi connectivity index (χ1v) is 16.7. The number of unbranched alkanes of at least 4 members (excludes halogenated alkanes) is 20. The molecule has 5 nitrogen and oxygen atoms in total. The van der Waals surface area contributed by atoms with Crippen LogP contribution in [0.4, 0.5) is 0 Å². The minimum Gasteiger partial charge on any atom is -0.330 e. The van der Waals surface area contributed by atoms with E-state index in [4.69, 9.17) is 14.8 Å². The van der Waals surface area contributed by atoms with Crippen molar-refractivity contribution in [2.75, 3.05) is 13.2 Å². The smallest absolute Gasteiger partial charge is 0.330 e. The second-order valence-electron chi connectivity index (χ2n) is 10.3. The fourth-order valence-corrected chi connectivity index (χ4v) is 5.01. The SMILES string of the molecule is CCCCCCCCCCCCCCCCCCN.CCCCCCCCOP(=O)(O)OC(C)C. The zero-order valence-electron chi connectivity index (χ0n) is 24.2. The summed E-state index contributed by atoms with van der Waals surface area (Å²) in [7, 11) is -3.81. The number of hydrogen-bond acceptors (Lipinski definition) is 4. The number of nitrogens with two attached hydrogens (primary N) is 1. The van der Waals surface area contributed by atoms with Gasteiger partial charge in [-0.2, -0.15) is 0 Å². The Balaban J connectivity index is 0. The highest BCUT2D eigenvalue weighted by Gasteiger charge is 2.21. The topological polar surface area (TPSA) is 81.8 Å². The van der Waals surface area contributed by atoms with Gasteiger partial charge in [0.2, 0.25) is 0 Å². The number of phosphoric acid groups is 1. The Hall–Kier alpha value is 0.0700. The van der Waals surface area contributed by atoms with Crippen LogP contribution in [-0.2, 0) is 13.6 Å². The normalized spacial score (nSPS) is 13.0. The van der Waals surface area contributed by atoms with E-state index in [0.717, 1.165) is 25.8 Å². The first-order valence-electron chi connectivity index (χ1n) is 15.2. The predicted molar refractivity (Wildman–Crippen MR) is 154 cm³/mol. The molecule has 0 fully saturated rings. The molecule has 0 amide bonds. The van der Waals surface area contributed by atoms with Crippen LogP contribution in [0.2, 0.25) is 0 Å². The Morgan fingerprint density at radius 2 is 0.914 bits per heavy atom. The van der Waals surface area contributed by atoms with Crippen LogP contribution in [0.15, 0.2) is 0 Å². The summed E-state index contributed by atoms with van der Waals surface area (Å²) in [6.45, 7) is 9.05. The van der Waals surface area contributed by atoms with Crippen LogP contribution < -0.4 is 5.73 Å². The highest BCUT2D eigenvalue weighted by molar-refractivity contribution is 7.47. The third-order valence-corrected chi connectivity index (χ3v) is 7.35. The summed E-state index contributed by atoms with van der Waals surface area (Å²) in [6.07, 6.45) is 29.3. The second-order valence-corrected chi connectivity index (χ2v) is 11.7. The fraction of sp³-hybridized carbons (Fsp3) is 1.00. The number of phosphoric ester groups is 1. The highest BCUT2D eigenvalue weighted by Crippen LogP contribution is 2.44. The van der Waals surface area contributed by atoms with Crippen molar-refractivity contribution in [2.24, 2.45) is 5.73 Å². The van der Waals surface area contributed by atoms with Crippen molar-refractivity contribution in [3.8, 4) is 0 Å². The maximum atomic E-state index is 11.3. The summed E-state index contributed by atoms with van der Waals surface area (Å²) in [5, 5.41) is 0. The Labute approximate surface area is 220 Å². The van der Waals surface area contributed by atoms with Crippen LogP contribution in [0.5, 0.6) is 0 Å². The molecule has 0 aliphatic rings. The van der Waals surface area contributed by atoms with Crippen LogP contribution in [-0.4, -0.2) is 24.1 Å². The Kier molecular flexibility index (Phi) is 32.2. The van der Waals surface area contributed by atoms with E-state index >= 15 is 0 Å². The van der Waals surface area contributed by atoms with Gasteiger partial charge in [0.05, 0.1) is 12.7 Å². The summed E-state index contributed by atoms with van der Waals surface area (Å²) in [4.78, 5) is 9.24. The van der Waals surface area contributed by atoms with Gasteiger partial charge >= 0.3 is 7.82 Å². The van der Waals surface area contributed by atoms with E-state index in [2.05, 4.69) is 13.8 Å². The van der Waals surface area contributed by atoms with Gasteiger partial charge in [-0.05, 0) is 33.2 Å². The highest BCUT2D eigenvalue weighted by atomic mass is 31.2. The minimum absolute atomic E-state index is 0.291. The van der Waals surface area contributed by atoms with Crippen LogP contribution in [0.3, 0.4) is 0 Å². The Morgan fingerprint density at radius 1 is 0.600 bits per heavy atom. The van der Waals surface area contributed by atoms with Crippen molar-refractivity contribution in [3.63, 3.8) is 0 Å². The van der Waals surface area contributed by atoms with Crippen molar-refractivity contribution in [3.05, 3.63) is 0 Å². The van der Waals surface area contributed by atoms with E-state index in [0.29, 0.717) is 6.61 Å². The van der Waals surface area contributed by atoms with Gasteiger partial charge in [-0.25, -0.2) is 4.57 Å². The lowest BCUT2D eigenvalue weighted by atomic mass is 10.0. The Morgan fingerprint density at radius 3 is 1.23 bits per heavy atom. The maximum Gasteiger partial charge on any atom is 0.472 e. The molecule has 1 unspecified atom stereocenters. The lowest BCUT2D eigenvalue weighted by molar-refractivity contribution is 0.119. The first kappa shape index (κ1) is 37.2. The van der Waals surface area contributed by atoms with Crippen molar-refractivity contribution in [1.82, 2.24) is 0 Å². The molecule has 35 heavy (non-hydrogen) atoms. The van der Waals surface area contributed by atoms with Crippen molar-refractivity contribution in [1.29, 1.82) is 0 Å². The van der Waals surface area contributed by atoms with Crippen LogP contribution >= 0.6 is 7.82 Å². The zero-order chi connectivity index (χ0) is 26.5. The van der Waals surface area contributed by atoms with Crippen LogP contribution in [0, 0.1) is 0 Å². The van der Waals surface area contributed by atoms with Crippen LogP contribution in [0.1, 0.15) is 169 Å². The molecule has 0 aliphatic carbocycles. The van der Waals surface area contributed by atoms with E-state index in [-0.39, 0.29) is 6.10 Å². The molecule has 0 rings (SSSR count). The molecule has 0 saturated heterocycles. The molecule has 0 bridgehead atoms. The summed E-state index contributed by atoms with van der Waals surface area (Å²) in [5.74, 6) is 0. The first-order chi connectivity index (χ1) is 16.9. The molecule has 214 valence electrons. The molecule has 0 aromatic rings. The van der Waals surface area contributed by atoms with E-state index in [9.17, 15) is 9.46 Å². The lowest BCUT2D eigenvalue weighted by Crippen LogP contribution is -2.03. The summed E-state index contributed by atoms with van der Waals surface area (Å²) in [5.41, 5.74) is 5.48. The Bertz CT molecular complexity index is 419. The molecule has 1 atom stereocenters. The van der Waals surface area contributed by atoms with E-state index in [1.165, 1.54) is 122 Å². The summed E-state index contributed by atoms with van der Waals surface area (Å²) >= 11 is 0. The molecule has 6 heteroatoms. The molecular formula is C29H64NO4P. The van der Waals surface area contributed by atoms with Gasteiger partial charge in [-0.3, -0.25) is 9.05 Å². The van der Waals surface area contributed by atoms with Gasteiger partial charge in [0.15, 0.2) is 0 Å². The molecular weight excluding hydrogens is 457 g/mol. The van der Waals surface area contributed by atoms with Gasteiger partial charge in [0.25, 0.3) is 0 Å². The largest absolute Gasteiger partial charge is 0.472 e. The summed E-state index contributed by atoms with van der Waals surface area (Å²) in [6, 6.07) is 0. The average Bonchev–Trinajstić information content (AvgIpc) is 2.80. The molecule has 3 N–H and O–H groups in total. The van der Waals surface area contributed by atoms with E-state index in [1.807, 2.05) is 0 Å². The third-order valence-electron chi connectivity index (χ3n) is 6.15. The van der Waals surface area contributed by atoms with Crippen molar-refractivity contribution >= 4 is 7.82 Å². The second kappa shape index (κ2) is 30.3. The number of hydrogen-bond donors (Lipinski definition) is 2. The van der Waals surface area contributed by atoms with Gasteiger partial charge in [-0.1, -0.05) is 142 Å². The fourth-order valence-electron chi connectivity index (χ4n) is 4.05. The zero-order valence-corrected chi connectivity index (χ0v) is 25.1. The molecule has 0 aliphatic heterocycles. The molecule has 0 saturated carbocycles. The molecule has 0 aromatic heterocycles. The van der Waals surface area contributed by atoms with E-state index < -0.39 is 7.82 Å². The van der Waals surface area contributed by atoms with Gasteiger partial charge in [-0.15, -0.1) is 0 Å². The average molecular weight is 522 g/mol. The predicted octanol–water partition coefficient (Wildman–Crippen LogP) is 10.1. The van der Waals surface area contributed by atoms with Gasteiger partial charge in [0, 0.05) is 0 Å². The monoisotopic (exact) mass is 521 g/mol.